The van der Waals surface area contributed by atoms with Crippen LogP contribution < -0.4 is 5.32 Å². The SMILES string of the molecule is c1ccc(C2=Nc3ccccc3NC2c2ccc3c4c2sc2cccc(c24)-c2cccc4cccc-3c24)cc1. The predicted molar refractivity (Wildman–Crippen MR) is 167 cm³/mol. The van der Waals surface area contributed by atoms with Crippen molar-refractivity contribution in [3.63, 3.8) is 0 Å². The zero-order chi connectivity index (χ0) is 25.5. The second kappa shape index (κ2) is 7.89. The van der Waals surface area contributed by atoms with E-state index < -0.39 is 0 Å². The molecule has 0 saturated carbocycles. The average Bonchev–Trinajstić information content (AvgIpc) is 3.34. The van der Waals surface area contributed by atoms with Gasteiger partial charge in [-0.1, -0.05) is 103 Å². The smallest absolute Gasteiger partial charge is 0.0960 e. The molecule has 182 valence electrons. The highest BCUT2D eigenvalue weighted by atomic mass is 32.1. The predicted octanol–water partition coefficient (Wildman–Crippen LogP) is 10.1. The van der Waals surface area contributed by atoms with Crippen LogP contribution in [0, 0.1) is 0 Å². The molecule has 1 atom stereocenters. The lowest BCUT2D eigenvalue weighted by atomic mass is 9.90. The number of nitrogens with one attached hydrogen (secondary N) is 1. The Bertz CT molecular complexity index is 2150. The van der Waals surface area contributed by atoms with Gasteiger partial charge in [0.25, 0.3) is 0 Å². The monoisotopic (exact) mass is 514 g/mol. The van der Waals surface area contributed by atoms with Crippen molar-refractivity contribution in [2.24, 2.45) is 4.99 Å². The van der Waals surface area contributed by atoms with Crippen LogP contribution in [0.4, 0.5) is 11.4 Å². The Morgan fingerprint density at radius 3 is 2.08 bits per heavy atom. The first kappa shape index (κ1) is 21.2. The molecule has 0 spiro atoms. The summed E-state index contributed by atoms with van der Waals surface area (Å²) in [6.45, 7) is 0. The van der Waals surface area contributed by atoms with Gasteiger partial charge in [0.2, 0.25) is 0 Å². The van der Waals surface area contributed by atoms with Crippen LogP contribution >= 0.6 is 11.3 Å². The lowest BCUT2D eigenvalue weighted by Crippen LogP contribution is -2.25. The minimum atomic E-state index is -0.0608. The number of fused-ring (bicyclic) bond motifs is 3. The molecule has 0 fully saturated rings. The fourth-order valence-corrected chi connectivity index (χ4v) is 7.88. The molecule has 3 heteroatoms. The van der Waals surface area contributed by atoms with E-state index in [1.54, 1.807) is 0 Å². The lowest BCUT2D eigenvalue weighted by Gasteiger charge is -2.28. The van der Waals surface area contributed by atoms with Crippen molar-refractivity contribution in [1.82, 2.24) is 0 Å². The molecule has 6 aromatic carbocycles. The minimum absolute atomic E-state index is 0.0608. The van der Waals surface area contributed by atoms with Gasteiger partial charge >= 0.3 is 0 Å². The van der Waals surface area contributed by atoms with Crippen molar-refractivity contribution in [2.75, 3.05) is 5.32 Å². The molecule has 1 aliphatic heterocycles. The van der Waals surface area contributed by atoms with E-state index in [-0.39, 0.29) is 6.04 Å². The second-order valence-electron chi connectivity index (χ2n) is 10.4. The molecule has 1 aliphatic carbocycles. The summed E-state index contributed by atoms with van der Waals surface area (Å²) in [6, 6.07) is 43.8. The van der Waals surface area contributed by atoms with Crippen molar-refractivity contribution in [2.45, 2.75) is 6.04 Å². The first-order chi connectivity index (χ1) is 19.3. The summed E-state index contributed by atoms with van der Waals surface area (Å²) in [7, 11) is 0. The van der Waals surface area contributed by atoms with E-state index in [0.29, 0.717) is 0 Å². The van der Waals surface area contributed by atoms with E-state index in [2.05, 4.69) is 127 Å². The van der Waals surface area contributed by atoms with Gasteiger partial charge in [-0.05, 0) is 62.4 Å². The van der Waals surface area contributed by atoms with E-state index in [0.717, 1.165) is 22.6 Å². The maximum absolute atomic E-state index is 5.23. The van der Waals surface area contributed by atoms with Crippen molar-refractivity contribution in [3.8, 4) is 22.3 Å². The number of thiophene rings is 1. The molecule has 0 radical (unpaired) electrons. The molecule has 9 rings (SSSR count). The van der Waals surface area contributed by atoms with Crippen LogP contribution in [-0.4, -0.2) is 5.71 Å². The topological polar surface area (TPSA) is 24.4 Å². The Morgan fingerprint density at radius 1 is 0.564 bits per heavy atom. The molecule has 2 aliphatic rings. The maximum Gasteiger partial charge on any atom is 0.0960 e. The van der Waals surface area contributed by atoms with Gasteiger partial charge in [-0.2, -0.15) is 0 Å². The van der Waals surface area contributed by atoms with Crippen LogP contribution in [-0.2, 0) is 0 Å². The van der Waals surface area contributed by atoms with Gasteiger partial charge in [-0.15, -0.1) is 11.3 Å². The number of anilines is 1. The number of rotatable bonds is 2. The van der Waals surface area contributed by atoms with Crippen LogP contribution in [0.3, 0.4) is 0 Å². The van der Waals surface area contributed by atoms with Gasteiger partial charge in [0, 0.05) is 20.2 Å². The zero-order valence-corrected chi connectivity index (χ0v) is 21.8. The third-order valence-corrected chi connectivity index (χ3v) is 9.46. The van der Waals surface area contributed by atoms with E-state index in [1.807, 2.05) is 11.3 Å². The number of benzene rings is 6. The normalized spacial score (nSPS) is 15.3. The van der Waals surface area contributed by atoms with E-state index in [4.69, 9.17) is 4.99 Å². The molecular formula is C36H22N2S. The quantitative estimate of drug-likeness (QED) is 0.244. The van der Waals surface area contributed by atoms with Gasteiger partial charge in [-0.3, -0.25) is 0 Å². The molecule has 1 N–H and O–H groups in total. The summed E-state index contributed by atoms with van der Waals surface area (Å²) >= 11 is 1.91. The Labute approximate surface area is 229 Å². The Morgan fingerprint density at radius 2 is 1.26 bits per heavy atom. The highest BCUT2D eigenvalue weighted by Gasteiger charge is 2.30. The molecule has 7 aromatic rings. The number of nitrogens with zero attached hydrogens (tertiary/aromatic N) is 1. The van der Waals surface area contributed by atoms with Crippen LogP contribution in [0.1, 0.15) is 17.2 Å². The fourth-order valence-electron chi connectivity index (χ4n) is 6.58. The van der Waals surface area contributed by atoms with Gasteiger partial charge in [0.1, 0.15) is 0 Å². The van der Waals surface area contributed by atoms with Crippen LogP contribution in [0.15, 0.2) is 126 Å². The first-order valence-corrected chi connectivity index (χ1v) is 14.2. The van der Waals surface area contributed by atoms with Crippen LogP contribution in [0.2, 0.25) is 0 Å². The molecule has 2 heterocycles. The van der Waals surface area contributed by atoms with Gasteiger partial charge < -0.3 is 5.32 Å². The summed E-state index contributed by atoms with van der Waals surface area (Å²) in [4.78, 5) is 5.23. The second-order valence-corrected chi connectivity index (χ2v) is 11.4. The standard InChI is InChI=1S/C36H22N2S/c1-2-9-22(10-3-1)34-35(38-29-17-5-4-16-28(29)37-34)27-20-19-26-24-14-7-12-21-11-6-13-23(31(21)24)25-15-8-18-30-32(25)33(26)36(27)39-30/h1-20,35,38H. The number of para-hydroxylation sites is 2. The molecule has 0 bridgehead atoms. The molecule has 1 unspecified atom stereocenters. The fraction of sp³-hybridized carbons (Fsp3) is 0.0278. The summed E-state index contributed by atoms with van der Waals surface area (Å²) in [6.07, 6.45) is 0. The van der Waals surface area contributed by atoms with Gasteiger partial charge in [0.05, 0.1) is 23.1 Å². The Hall–Kier alpha value is -4.73. The summed E-state index contributed by atoms with van der Waals surface area (Å²) in [5, 5.41) is 9.24. The van der Waals surface area contributed by atoms with Crippen molar-refractivity contribution in [3.05, 3.63) is 132 Å². The lowest BCUT2D eigenvalue weighted by molar-refractivity contribution is 1.03. The number of hydrogen-bond acceptors (Lipinski definition) is 3. The van der Waals surface area contributed by atoms with Crippen molar-refractivity contribution < 1.29 is 0 Å². The largest absolute Gasteiger partial charge is 0.371 e. The summed E-state index contributed by atoms with van der Waals surface area (Å²) in [5.74, 6) is 0. The van der Waals surface area contributed by atoms with Crippen molar-refractivity contribution in [1.29, 1.82) is 0 Å². The van der Waals surface area contributed by atoms with E-state index >= 15 is 0 Å². The first-order valence-electron chi connectivity index (χ1n) is 13.4. The van der Waals surface area contributed by atoms with E-state index in [9.17, 15) is 0 Å². The molecule has 2 nitrogen and oxygen atoms in total. The molecule has 0 saturated heterocycles. The van der Waals surface area contributed by atoms with Crippen molar-refractivity contribution >= 4 is 59.4 Å². The third kappa shape index (κ3) is 2.94. The highest BCUT2D eigenvalue weighted by Crippen LogP contribution is 2.52. The number of aliphatic imine (C=N–C) groups is 1. The zero-order valence-electron chi connectivity index (χ0n) is 21.0. The maximum atomic E-state index is 5.23. The Balaban J connectivity index is 1.38. The van der Waals surface area contributed by atoms with Crippen LogP contribution in [0.5, 0.6) is 0 Å². The van der Waals surface area contributed by atoms with E-state index in [1.165, 1.54) is 58.8 Å². The third-order valence-electron chi connectivity index (χ3n) is 8.26. The Kier molecular flexibility index (Phi) is 4.29. The van der Waals surface area contributed by atoms with Gasteiger partial charge in [0.15, 0.2) is 0 Å². The minimum Gasteiger partial charge on any atom is -0.371 e. The molecule has 1 aromatic heterocycles. The molecular weight excluding hydrogens is 492 g/mol. The number of hydrogen-bond donors (Lipinski definition) is 1. The summed E-state index contributed by atoms with van der Waals surface area (Å²) < 4.78 is 2.66. The molecule has 39 heavy (non-hydrogen) atoms. The molecule has 0 amide bonds. The van der Waals surface area contributed by atoms with Gasteiger partial charge in [-0.25, -0.2) is 4.99 Å². The highest BCUT2D eigenvalue weighted by molar-refractivity contribution is 7.26. The van der Waals surface area contributed by atoms with Crippen LogP contribution in [0.25, 0.3) is 53.2 Å². The summed E-state index contributed by atoms with van der Waals surface area (Å²) in [5.41, 5.74) is 10.8. The average molecular weight is 515 g/mol.